The van der Waals surface area contributed by atoms with E-state index in [1.807, 2.05) is 5.32 Å². The van der Waals surface area contributed by atoms with Gasteiger partial charge in [0.25, 0.3) is 0 Å². The highest BCUT2D eigenvalue weighted by Crippen LogP contribution is 2.07. The molecule has 0 radical (unpaired) electrons. The molecule has 34 heavy (non-hydrogen) atoms. The molecule has 0 aromatic carbocycles. The third kappa shape index (κ3) is 11.8. The zero-order chi connectivity index (χ0) is 26.6. The lowest BCUT2D eigenvalue weighted by Crippen LogP contribution is -2.58. The number of primary amides is 1. The van der Waals surface area contributed by atoms with Gasteiger partial charge in [-0.1, -0.05) is 13.8 Å². The maximum Gasteiger partial charge on any atom is 0.326 e. The Bertz CT molecular complexity index is 800. The number of carbonyl (C=O) groups is 7. The molecule has 0 aromatic heterocycles. The second kappa shape index (κ2) is 14.4. The van der Waals surface area contributed by atoms with Crippen molar-refractivity contribution in [3.63, 3.8) is 0 Å². The van der Waals surface area contributed by atoms with Crippen LogP contribution >= 0.6 is 0 Å². The molecule has 15 nitrogen and oxygen atoms in total. The van der Waals surface area contributed by atoms with Gasteiger partial charge in [-0.05, 0) is 18.8 Å². The van der Waals surface area contributed by atoms with E-state index in [9.17, 15) is 33.6 Å². The second-order valence-corrected chi connectivity index (χ2v) is 7.83. The van der Waals surface area contributed by atoms with Crippen molar-refractivity contribution in [3.05, 3.63) is 0 Å². The number of carbonyl (C=O) groups excluding carboxylic acids is 4. The summed E-state index contributed by atoms with van der Waals surface area (Å²) in [4.78, 5) is 81.5. The third-order valence-corrected chi connectivity index (χ3v) is 4.55. The van der Waals surface area contributed by atoms with Gasteiger partial charge in [0.2, 0.25) is 23.6 Å². The minimum absolute atomic E-state index is 0.187. The maximum atomic E-state index is 12.8. The summed E-state index contributed by atoms with van der Waals surface area (Å²) in [6, 6.07) is -5.68. The van der Waals surface area contributed by atoms with E-state index in [4.69, 9.17) is 26.8 Å². The van der Waals surface area contributed by atoms with Crippen LogP contribution in [0.1, 0.15) is 46.0 Å². The highest BCUT2D eigenvalue weighted by Gasteiger charge is 2.32. The molecule has 0 aliphatic carbocycles. The molecule has 4 unspecified atom stereocenters. The van der Waals surface area contributed by atoms with Crippen molar-refractivity contribution < 1.29 is 48.9 Å². The van der Waals surface area contributed by atoms with Crippen LogP contribution < -0.4 is 27.4 Å². The van der Waals surface area contributed by atoms with E-state index in [2.05, 4.69) is 10.6 Å². The average Bonchev–Trinajstić information content (AvgIpc) is 2.71. The summed E-state index contributed by atoms with van der Waals surface area (Å²) < 4.78 is 0. The minimum atomic E-state index is -1.71. The van der Waals surface area contributed by atoms with Crippen LogP contribution in [0.4, 0.5) is 0 Å². The van der Waals surface area contributed by atoms with E-state index in [1.165, 1.54) is 0 Å². The summed E-state index contributed by atoms with van der Waals surface area (Å²) >= 11 is 0. The zero-order valence-corrected chi connectivity index (χ0v) is 18.8. The van der Waals surface area contributed by atoms with Gasteiger partial charge in [-0.15, -0.1) is 0 Å². The number of carboxylic acid groups (broad SMARTS) is 3. The van der Waals surface area contributed by atoms with Crippen LogP contribution in [0.3, 0.4) is 0 Å². The molecule has 0 saturated heterocycles. The molecule has 0 fully saturated rings. The lowest BCUT2D eigenvalue weighted by molar-refractivity contribution is -0.144. The predicted molar refractivity (Wildman–Crippen MR) is 114 cm³/mol. The van der Waals surface area contributed by atoms with Crippen molar-refractivity contribution in [2.75, 3.05) is 0 Å². The lowest BCUT2D eigenvalue weighted by atomic mass is 10.0. The van der Waals surface area contributed by atoms with E-state index >= 15 is 0 Å². The molecular weight excluding hydrogens is 458 g/mol. The molecule has 4 atom stereocenters. The predicted octanol–water partition coefficient (Wildman–Crippen LogP) is -2.89. The third-order valence-electron chi connectivity index (χ3n) is 4.55. The molecule has 0 aliphatic rings. The topological polar surface area (TPSA) is 268 Å². The lowest BCUT2D eigenvalue weighted by Gasteiger charge is -2.26. The Hall–Kier alpha value is -3.75. The first-order valence-corrected chi connectivity index (χ1v) is 10.3. The van der Waals surface area contributed by atoms with E-state index in [0.29, 0.717) is 0 Å². The van der Waals surface area contributed by atoms with Gasteiger partial charge in [-0.25, -0.2) is 4.79 Å². The van der Waals surface area contributed by atoms with Crippen molar-refractivity contribution in [1.29, 1.82) is 0 Å². The minimum Gasteiger partial charge on any atom is -0.481 e. The highest BCUT2D eigenvalue weighted by atomic mass is 16.4. The standard InChI is InChI=1S/C19H31N5O10/c1-8(2)15(24-16(30)9(20)3-5-13(26)27)18(32)22-10(4-6-14(28)29)17(31)23-11(19(33)34)7-12(21)25/h8-11,15H,3-7,20H2,1-2H3,(H2,21,25)(H,22,32)(H,23,31)(H,24,30)(H,26,27)(H,28,29)(H,33,34). The summed E-state index contributed by atoms with van der Waals surface area (Å²) in [5.41, 5.74) is 10.6. The molecule has 0 bridgehead atoms. The van der Waals surface area contributed by atoms with Crippen molar-refractivity contribution >= 4 is 41.5 Å². The second-order valence-electron chi connectivity index (χ2n) is 7.83. The fourth-order valence-electron chi connectivity index (χ4n) is 2.68. The summed E-state index contributed by atoms with van der Waals surface area (Å²) in [5.74, 6) is -8.34. The largest absolute Gasteiger partial charge is 0.481 e. The SMILES string of the molecule is CC(C)C(NC(=O)C(N)CCC(=O)O)C(=O)NC(CCC(=O)O)C(=O)NC(CC(N)=O)C(=O)O. The van der Waals surface area contributed by atoms with Gasteiger partial charge in [-0.3, -0.25) is 28.8 Å². The Morgan fingerprint density at radius 2 is 1.24 bits per heavy atom. The van der Waals surface area contributed by atoms with Crippen LogP contribution in [0.15, 0.2) is 0 Å². The fourth-order valence-corrected chi connectivity index (χ4v) is 2.68. The number of nitrogens with one attached hydrogen (secondary N) is 3. The molecule has 4 amide bonds. The van der Waals surface area contributed by atoms with Crippen molar-refractivity contribution in [3.8, 4) is 0 Å². The Labute approximate surface area is 194 Å². The molecular formula is C19H31N5O10. The van der Waals surface area contributed by atoms with Gasteiger partial charge in [0.15, 0.2) is 0 Å². The van der Waals surface area contributed by atoms with E-state index < -0.39 is 90.9 Å². The van der Waals surface area contributed by atoms with Crippen molar-refractivity contribution in [2.24, 2.45) is 17.4 Å². The van der Waals surface area contributed by atoms with Gasteiger partial charge >= 0.3 is 17.9 Å². The summed E-state index contributed by atoms with van der Waals surface area (Å²) in [5, 5.41) is 33.4. The first-order chi connectivity index (χ1) is 15.6. The number of carboxylic acids is 3. The number of nitrogens with two attached hydrogens (primary N) is 2. The van der Waals surface area contributed by atoms with E-state index in [-0.39, 0.29) is 12.8 Å². The van der Waals surface area contributed by atoms with Crippen LogP contribution in [0.5, 0.6) is 0 Å². The molecule has 0 rings (SSSR count). The Morgan fingerprint density at radius 3 is 1.68 bits per heavy atom. The molecule has 0 aromatic rings. The average molecular weight is 489 g/mol. The zero-order valence-electron chi connectivity index (χ0n) is 18.8. The van der Waals surface area contributed by atoms with Gasteiger partial charge < -0.3 is 42.7 Å². The number of amides is 4. The monoisotopic (exact) mass is 489 g/mol. The molecule has 0 heterocycles. The Morgan fingerprint density at radius 1 is 0.735 bits per heavy atom. The van der Waals surface area contributed by atoms with Gasteiger partial charge in [0, 0.05) is 12.8 Å². The number of hydrogen-bond acceptors (Lipinski definition) is 8. The van der Waals surface area contributed by atoms with Crippen LogP contribution in [0, 0.1) is 5.92 Å². The van der Waals surface area contributed by atoms with E-state index in [1.54, 1.807) is 13.8 Å². The Balaban J connectivity index is 5.49. The number of aliphatic carboxylic acids is 3. The van der Waals surface area contributed by atoms with Gasteiger partial charge in [0.05, 0.1) is 12.5 Å². The summed E-state index contributed by atoms with van der Waals surface area (Å²) in [7, 11) is 0. The molecule has 15 heteroatoms. The Kier molecular flexibility index (Phi) is 12.8. The number of hydrogen-bond donors (Lipinski definition) is 8. The van der Waals surface area contributed by atoms with Crippen molar-refractivity contribution in [1.82, 2.24) is 16.0 Å². The van der Waals surface area contributed by atoms with Gasteiger partial charge in [-0.2, -0.15) is 0 Å². The van der Waals surface area contributed by atoms with Crippen LogP contribution in [-0.4, -0.2) is 81.0 Å². The first-order valence-electron chi connectivity index (χ1n) is 10.3. The number of rotatable bonds is 16. The van der Waals surface area contributed by atoms with Gasteiger partial charge in [0.1, 0.15) is 18.1 Å². The summed E-state index contributed by atoms with van der Waals surface area (Å²) in [6.07, 6.45) is -2.29. The first kappa shape index (κ1) is 30.2. The van der Waals surface area contributed by atoms with Crippen molar-refractivity contribution in [2.45, 2.75) is 70.1 Å². The quantitative estimate of drug-likeness (QED) is 0.109. The maximum absolute atomic E-state index is 12.8. The highest BCUT2D eigenvalue weighted by molar-refractivity contribution is 5.95. The van der Waals surface area contributed by atoms with E-state index in [0.717, 1.165) is 0 Å². The van der Waals surface area contributed by atoms with Crippen LogP contribution in [-0.2, 0) is 33.6 Å². The summed E-state index contributed by atoms with van der Waals surface area (Å²) in [6.45, 7) is 3.12. The molecule has 0 spiro atoms. The molecule has 10 N–H and O–H groups in total. The molecule has 192 valence electrons. The fraction of sp³-hybridized carbons (Fsp3) is 0.632. The molecule has 0 saturated carbocycles. The smallest absolute Gasteiger partial charge is 0.326 e. The van der Waals surface area contributed by atoms with Crippen LogP contribution in [0.25, 0.3) is 0 Å². The van der Waals surface area contributed by atoms with Crippen LogP contribution in [0.2, 0.25) is 0 Å². The molecule has 0 aliphatic heterocycles. The normalized spacial score (nSPS) is 14.2.